The second-order valence-electron chi connectivity index (χ2n) is 6.54. The fourth-order valence-corrected chi connectivity index (χ4v) is 3.75. The van der Waals surface area contributed by atoms with Crippen LogP contribution in [-0.4, -0.2) is 26.0 Å². The van der Waals surface area contributed by atoms with Crippen molar-refractivity contribution in [2.24, 2.45) is 0 Å². The lowest BCUT2D eigenvalue weighted by Gasteiger charge is -2.10. The fraction of sp³-hybridized carbons (Fsp3) is 0.286. The van der Waals surface area contributed by atoms with Crippen LogP contribution in [0.15, 0.2) is 65.1 Å². The van der Waals surface area contributed by atoms with E-state index in [1.807, 2.05) is 6.92 Å². The smallest absolute Gasteiger partial charge is 0.440 e. The molecule has 0 aliphatic rings. The molecule has 158 valence electrons. The van der Waals surface area contributed by atoms with E-state index >= 15 is 0 Å². The van der Waals surface area contributed by atoms with Gasteiger partial charge in [0.15, 0.2) is 4.98 Å². The van der Waals surface area contributed by atoms with Crippen molar-refractivity contribution in [3.63, 3.8) is 0 Å². The van der Waals surface area contributed by atoms with Gasteiger partial charge in [-0.05, 0) is 50.5 Å². The standard InChI is InChI=1S/C21H23N3O5S/c1-3-29-21(26)19(23-22)10-6-8-16-7-4-5-9-18(16)20(25)24-30(27,28)17-13-11-15(2)12-14-17/h4-5,7,9,11-14H,3,6,8,10H2,1-2H3,(H-,24,25,26)/p+1/b21-19+. The van der Waals surface area contributed by atoms with Crippen LogP contribution in [0.1, 0.15) is 41.3 Å². The Morgan fingerprint density at radius 1 is 1.17 bits per heavy atom. The summed E-state index contributed by atoms with van der Waals surface area (Å²) in [6.45, 7) is 3.75. The molecule has 2 aromatic carbocycles. The first-order valence-electron chi connectivity index (χ1n) is 9.40. The Kier molecular flexibility index (Phi) is 7.95. The van der Waals surface area contributed by atoms with Crippen LogP contribution >= 0.6 is 0 Å². The van der Waals surface area contributed by atoms with Gasteiger partial charge in [-0.1, -0.05) is 35.9 Å². The molecule has 0 aromatic heterocycles. The van der Waals surface area contributed by atoms with Gasteiger partial charge in [0.05, 0.1) is 17.9 Å². The molecule has 0 spiro atoms. The molecule has 0 radical (unpaired) electrons. The number of allylic oxidation sites excluding steroid dienone is 1. The predicted molar refractivity (Wildman–Crippen MR) is 112 cm³/mol. The van der Waals surface area contributed by atoms with Gasteiger partial charge in [-0.3, -0.25) is 4.79 Å². The summed E-state index contributed by atoms with van der Waals surface area (Å²) in [6, 6.07) is 12.8. The second-order valence-corrected chi connectivity index (χ2v) is 8.23. The van der Waals surface area contributed by atoms with E-state index in [0.717, 1.165) is 5.56 Å². The Balaban J connectivity index is 2.12. The van der Waals surface area contributed by atoms with E-state index in [-0.39, 0.29) is 29.2 Å². The Morgan fingerprint density at radius 3 is 2.47 bits per heavy atom. The normalized spacial score (nSPS) is 11.9. The Hall–Kier alpha value is -3.38. The Labute approximate surface area is 175 Å². The number of carbonyl (C=O) groups excluding carboxylic acids is 1. The van der Waals surface area contributed by atoms with Gasteiger partial charge >= 0.3 is 11.6 Å². The maximum atomic E-state index is 12.6. The number of ether oxygens (including phenoxy) is 1. The number of diazo groups is 1. The summed E-state index contributed by atoms with van der Waals surface area (Å²) in [5.74, 6) is -1.18. The molecule has 2 aromatic rings. The van der Waals surface area contributed by atoms with E-state index < -0.39 is 21.9 Å². The molecule has 2 N–H and O–H groups in total. The van der Waals surface area contributed by atoms with Crippen LogP contribution < -0.4 is 4.72 Å². The lowest BCUT2D eigenvalue weighted by Crippen LogP contribution is -2.31. The molecule has 30 heavy (non-hydrogen) atoms. The minimum absolute atomic E-state index is 0.000677. The Morgan fingerprint density at radius 2 is 1.83 bits per heavy atom. The summed E-state index contributed by atoms with van der Waals surface area (Å²) in [4.78, 5) is 15.7. The maximum absolute atomic E-state index is 12.6. The summed E-state index contributed by atoms with van der Waals surface area (Å²) in [5.41, 5.74) is 1.76. The summed E-state index contributed by atoms with van der Waals surface area (Å²) < 4.78 is 32.0. The Bertz CT molecular complexity index is 1070. The van der Waals surface area contributed by atoms with Crippen LogP contribution in [-0.2, 0) is 21.2 Å². The quantitative estimate of drug-likeness (QED) is 0.457. The molecule has 0 aliphatic carbocycles. The molecule has 8 nitrogen and oxygen atoms in total. The third-order valence-electron chi connectivity index (χ3n) is 4.33. The van der Waals surface area contributed by atoms with Crippen LogP contribution in [0.25, 0.3) is 4.98 Å². The molecule has 0 unspecified atom stereocenters. The molecule has 0 saturated carbocycles. The first-order chi connectivity index (χ1) is 14.3. The molecule has 0 fully saturated rings. The molecule has 0 aliphatic heterocycles. The van der Waals surface area contributed by atoms with Gasteiger partial charge in [-0.15, -0.1) is 0 Å². The van der Waals surface area contributed by atoms with Gasteiger partial charge in [-0.2, -0.15) is 0 Å². The predicted octanol–water partition coefficient (Wildman–Crippen LogP) is 4.05. The summed E-state index contributed by atoms with van der Waals surface area (Å²) in [5, 5.41) is 18.7. The van der Waals surface area contributed by atoms with Crippen molar-refractivity contribution in [3.05, 3.63) is 81.8 Å². The van der Waals surface area contributed by atoms with Crippen LogP contribution in [0.4, 0.5) is 0 Å². The van der Waals surface area contributed by atoms with E-state index in [1.165, 1.54) is 12.1 Å². The molecular formula is C21H24N3O5S+. The van der Waals surface area contributed by atoms with E-state index in [2.05, 4.69) is 9.70 Å². The number of aliphatic hydroxyl groups excluding tert-OH is 1. The number of nitrogens with one attached hydrogen (secondary N) is 1. The number of carbonyl (C=O) groups is 1. The van der Waals surface area contributed by atoms with E-state index in [1.54, 1.807) is 43.3 Å². The van der Waals surface area contributed by atoms with Gasteiger partial charge in [0, 0.05) is 5.56 Å². The third-order valence-corrected chi connectivity index (χ3v) is 5.68. The number of benzene rings is 2. The molecule has 0 atom stereocenters. The number of hydrogen-bond acceptors (Lipinski definition) is 6. The van der Waals surface area contributed by atoms with Gasteiger partial charge in [0.25, 0.3) is 15.9 Å². The molecule has 1 amide bonds. The number of nitrogens with zero attached hydrogens (tertiary/aromatic N) is 2. The highest BCUT2D eigenvalue weighted by molar-refractivity contribution is 7.90. The van der Waals surface area contributed by atoms with Crippen LogP contribution in [0, 0.1) is 12.3 Å². The summed E-state index contributed by atoms with van der Waals surface area (Å²) in [7, 11) is -4.00. The van der Waals surface area contributed by atoms with Gasteiger partial charge in [0.2, 0.25) is 5.39 Å². The van der Waals surface area contributed by atoms with Crippen molar-refractivity contribution in [2.75, 3.05) is 6.61 Å². The van der Waals surface area contributed by atoms with Crippen molar-refractivity contribution >= 4 is 15.9 Å². The number of aliphatic hydroxyl groups is 1. The largest absolute Gasteiger partial charge is 0.475 e. The average molecular weight is 431 g/mol. The van der Waals surface area contributed by atoms with Crippen molar-refractivity contribution < 1.29 is 23.1 Å². The van der Waals surface area contributed by atoms with Crippen molar-refractivity contribution in [3.8, 4) is 0 Å². The molecule has 9 heteroatoms. The summed E-state index contributed by atoms with van der Waals surface area (Å²) >= 11 is 0. The van der Waals surface area contributed by atoms with Crippen molar-refractivity contribution in [1.29, 1.82) is 5.39 Å². The first-order valence-corrected chi connectivity index (χ1v) is 10.9. The molecule has 0 bridgehead atoms. The minimum atomic E-state index is -4.00. The molecule has 0 heterocycles. The SMILES string of the molecule is CCO/C(O)=C(\CCCc1ccccc1C(=O)NS(=O)(=O)c1ccc(C)cc1)[N+]#N. The number of aryl methyl sites for hydroxylation is 2. The number of amides is 1. The van der Waals surface area contributed by atoms with Gasteiger partial charge < -0.3 is 9.84 Å². The minimum Gasteiger partial charge on any atom is -0.475 e. The molecule has 2 rings (SSSR count). The topological polar surface area (TPSA) is 121 Å². The zero-order valence-corrected chi connectivity index (χ0v) is 17.6. The maximum Gasteiger partial charge on any atom is 0.440 e. The zero-order valence-electron chi connectivity index (χ0n) is 16.8. The average Bonchev–Trinajstić information content (AvgIpc) is 2.71. The monoisotopic (exact) mass is 430 g/mol. The highest BCUT2D eigenvalue weighted by Gasteiger charge is 2.22. The second kappa shape index (κ2) is 10.4. The number of sulfonamides is 1. The van der Waals surface area contributed by atoms with E-state index in [4.69, 9.17) is 10.1 Å². The number of rotatable bonds is 9. The van der Waals surface area contributed by atoms with E-state index in [0.29, 0.717) is 18.4 Å². The van der Waals surface area contributed by atoms with E-state index in [9.17, 15) is 18.3 Å². The lowest BCUT2D eigenvalue weighted by molar-refractivity contribution is 0.0970. The molecule has 0 saturated heterocycles. The van der Waals surface area contributed by atoms with Crippen LogP contribution in [0.3, 0.4) is 0 Å². The van der Waals surface area contributed by atoms with Crippen LogP contribution in [0.2, 0.25) is 0 Å². The van der Waals surface area contributed by atoms with Gasteiger partial charge in [0.1, 0.15) is 0 Å². The van der Waals surface area contributed by atoms with Crippen molar-refractivity contribution in [2.45, 2.75) is 38.0 Å². The fourth-order valence-electron chi connectivity index (χ4n) is 2.78. The van der Waals surface area contributed by atoms with Crippen molar-refractivity contribution in [1.82, 2.24) is 4.72 Å². The van der Waals surface area contributed by atoms with Gasteiger partial charge in [-0.25, -0.2) is 13.1 Å². The molecular weight excluding hydrogens is 406 g/mol. The highest BCUT2D eigenvalue weighted by Crippen LogP contribution is 2.18. The third kappa shape index (κ3) is 6.06. The lowest BCUT2D eigenvalue weighted by atomic mass is 10.0. The summed E-state index contributed by atoms with van der Waals surface area (Å²) in [6.07, 6.45) is 1.04. The van der Waals surface area contributed by atoms with Crippen LogP contribution in [0.5, 0.6) is 0 Å². The number of hydrogen-bond donors (Lipinski definition) is 2. The highest BCUT2D eigenvalue weighted by atomic mass is 32.2. The zero-order chi connectivity index (χ0) is 22.1. The first kappa shape index (κ1) is 22.9.